The molecule has 0 amide bonds. The number of carbonyl (C=O) groups excluding carboxylic acids is 2. The Morgan fingerprint density at radius 2 is 1.21 bits per heavy atom. The first-order valence-electron chi connectivity index (χ1n) is 25.8. The van der Waals surface area contributed by atoms with Crippen molar-refractivity contribution in [3.05, 3.63) is 141 Å². The fraction of sp³-hybridized carbons (Fsp3) is 0.464. The molecule has 17 heteroatoms. The minimum absolute atomic E-state index is 0.0464. The zero-order chi connectivity index (χ0) is 50.7. The van der Waals surface area contributed by atoms with Crippen molar-refractivity contribution >= 4 is 34.8 Å². The molecule has 0 bridgehead atoms. The number of rotatable bonds is 22. The van der Waals surface area contributed by atoms with Crippen molar-refractivity contribution in [3.8, 4) is 11.5 Å². The molecule has 2 saturated carbocycles. The van der Waals surface area contributed by atoms with Gasteiger partial charge in [0.25, 0.3) is 0 Å². The lowest BCUT2D eigenvalue weighted by Gasteiger charge is -2.30. The van der Waals surface area contributed by atoms with E-state index in [9.17, 15) is 19.8 Å². The molecule has 10 rings (SSSR count). The van der Waals surface area contributed by atoms with E-state index in [1.165, 1.54) is 54.1 Å². The number of anilines is 2. The predicted octanol–water partition coefficient (Wildman–Crippen LogP) is 9.26. The lowest BCUT2D eigenvalue weighted by atomic mass is 9.93. The van der Waals surface area contributed by atoms with Crippen LogP contribution in [0.25, 0.3) is 0 Å². The van der Waals surface area contributed by atoms with Gasteiger partial charge in [-0.05, 0) is 143 Å². The number of β-amino-alcohol motifs (C(OH)–C–C–N with tert-alkyl or cyclic N) is 2. The Labute approximate surface area is 431 Å². The average molecular weight is 1020 g/mol. The van der Waals surface area contributed by atoms with Gasteiger partial charge in [-0.25, -0.2) is 19.9 Å². The second kappa shape index (κ2) is 24.7. The molecule has 4 aromatic heterocycles. The first kappa shape index (κ1) is 51.7. The molecule has 6 aromatic rings. The lowest BCUT2D eigenvalue weighted by Crippen LogP contribution is -2.36. The first-order chi connectivity index (χ1) is 35.5. The molecule has 0 unspecified atom stereocenters. The van der Waals surface area contributed by atoms with Crippen molar-refractivity contribution < 1.29 is 38.1 Å². The van der Waals surface area contributed by atoms with Gasteiger partial charge < -0.3 is 39.2 Å². The van der Waals surface area contributed by atoms with Crippen LogP contribution in [0, 0.1) is 13.8 Å². The third kappa shape index (κ3) is 14.3. The Bertz CT molecular complexity index is 2810. The number of ketones is 2. The molecule has 2 atom stereocenters. The zero-order valence-electron chi connectivity index (χ0n) is 41.9. The van der Waals surface area contributed by atoms with E-state index in [1.54, 1.807) is 18.3 Å². The number of nitrogens with zero attached hydrogens (tertiary/aromatic N) is 6. The summed E-state index contributed by atoms with van der Waals surface area (Å²) in [4.78, 5) is 46.8. The number of benzene rings is 2. The third-order valence-electron chi connectivity index (χ3n) is 14.5. The number of Topliss-reactive ketones (excluding diaryl/α,β-unsaturated/α-hetero) is 2. The van der Waals surface area contributed by atoms with Crippen molar-refractivity contribution in [2.45, 2.75) is 141 Å². The number of pyridine rings is 2. The standard InChI is InChI=1S/C28H33ClN4O4.C28H34N4O4/c1-18-27(37-17-31-18)16-36-23-7-5-20-14-33(10-9-19(20)11-23)15-22(34)6-8-26(35)24-12-28(30-13-25(24)29)32-21-3-2-4-21;1-19-27(36-18-30-19)17-35-25-7-5-22-15-32(12-10-20(22)13-25)16-24(33)6-8-26(34)21-9-11-29-28(14-21)31-23-3-2-4-23/h5,7,11-13,17,21-22,34H,2-4,6,8-10,14-16H2,1H3,(H,30,32);5,7,9,11,13-14,18,23-24,33H,2-4,6,8,10,12,15-17H2,1H3,(H,29,31)/t22-;24-/m00/s1. The highest BCUT2D eigenvalue weighted by atomic mass is 35.5. The van der Waals surface area contributed by atoms with E-state index >= 15 is 0 Å². The summed E-state index contributed by atoms with van der Waals surface area (Å²) in [5, 5.41) is 28.4. The van der Waals surface area contributed by atoms with E-state index in [1.807, 2.05) is 32.0 Å². The maximum atomic E-state index is 12.8. The molecule has 73 heavy (non-hydrogen) atoms. The highest BCUT2D eigenvalue weighted by molar-refractivity contribution is 6.33. The topological polar surface area (TPSA) is 201 Å². The number of ether oxygens (including phenoxy) is 2. The lowest BCUT2D eigenvalue weighted by molar-refractivity contribution is 0.0835. The number of carbonyl (C=O) groups is 2. The van der Waals surface area contributed by atoms with Crippen LogP contribution in [0.3, 0.4) is 0 Å². The highest BCUT2D eigenvalue weighted by Gasteiger charge is 2.24. The molecule has 0 radical (unpaired) electrons. The van der Waals surface area contributed by atoms with Gasteiger partial charge in [0, 0.05) is 87.7 Å². The predicted molar refractivity (Wildman–Crippen MR) is 277 cm³/mol. The molecule has 2 fully saturated rings. The molecular weight excluding hydrogens is 948 g/mol. The summed E-state index contributed by atoms with van der Waals surface area (Å²) in [6.45, 7) is 8.83. The van der Waals surface area contributed by atoms with Crippen molar-refractivity contribution in [2.75, 3.05) is 36.8 Å². The van der Waals surface area contributed by atoms with Gasteiger partial charge in [-0.15, -0.1) is 0 Å². The number of fused-ring (bicyclic) bond motifs is 2. The maximum Gasteiger partial charge on any atom is 0.181 e. The largest absolute Gasteiger partial charge is 0.486 e. The minimum Gasteiger partial charge on any atom is -0.486 e. The molecule has 4 aliphatic rings. The average Bonchev–Trinajstić information content (AvgIpc) is 3.99. The molecule has 0 spiro atoms. The molecule has 0 saturated heterocycles. The Morgan fingerprint density at radius 1 is 0.685 bits per heavy atom. The van der Waals surface area contributed by atoms with Gasteiger partial charge in [0.2, 0.25) is 0 Å². The van der Waals surface area contributed by atoms with E-state index in [0.717, 1.165) is 105 Å². The summed E-state index contributed by atoms with van der Waals surface area (Å²) in [5.74, 6) is 4.52. The summed E-state index contributed by atoms with van der Waals surface area (Å²) in [7, 11) is 0. The number of aromatic nitrogens is 4. The number of aliphatic hydroxyl groups is 2. The SMILES string of the molecule is Cc1ncoc1COc1ccc2c(c1)CCN(C[C@@H](O)CCC(=O)c1cc(NC3CCC3)ncc1Cl)C2.Cc1ncoc1COc1ccc2c(c1)CCN(C[C@@H](O)CCC(=O)c1ccnc(NC3CCC3)c1)C2. The van der Waals surface area contributed by atoms with Crippen LogP contribution in [0.15, 0.2) is 88.6 Å². The maximum absolute atomic E-state index is 12.8. The molecule has 386 valence electrons. The van der Waals surface area contributed by atoms with E-state index in [4.69, 9.17) is 29.9 Å². The summed E-state index contributed by atoms with van der Waals surface area (Å²) in [6, 6.07) is 18.5. The molecular formula is C56H67ClN8O8. The normalized spacial score (nSPS) is 16.7. The van der Waals surface area contributed by atoms with Gasteiger partial charge in [0.05, 0.1) is 28.6 Å². The van der Waals surface area contributed by atoms with Gasteiger partial charge in [-0.3, -0.25) is 19.4 Å². The second-order valence-corrected chi connectivity index (χ2v) is 20.3. The summed E-state index contributed by atoms with van der Waals surface area (Å²) in [5.41, 5.74) is 7.80. The van der Waals surface area contributed by atoms with Crippen LogP contribution in [-0.2, 0) is 39.1 Å². The number of halogens is 1. The fourth-order valence-electron chi connectivity index (χ4n) is 9.48. The number of nitrogens with one attached hydrogen (secondary N) is 2. The smallest absolute Gasteiger partial charge is 0.181 e. The quantitative estimate of drug-likeness (QED) is 0.0468. The van der Waals surface area contributed by atoms with Crippen molar-refractivity contribution in [2.24, 2.45) is 0 Å². The number of aliphatic hydroxyl groups excluding tert-OH is 2. The molecule has 6 heterocycles. The van der Waals surface area contributed by atoms with E-state index in [-0.39, 0.29) is 18.0 Å². The monoisotopic (exact) mass is 1010 g/mol. The van der Waals surface area contributed by atoms with Crippen LogP contribution in [0.1, 0.15) is 130 Å². The number of hydrogen-bond acceptors (Lipinski definition) is 16. The zero-order valence-corrected chi connectivity index (χ0v) is 42.6. The van der Waals surface area contributed by atoms with Gasteiger partial charge in [0.1, 0.15) is 36.3 Å². The Kier molecular flexibility index (Phi) is 17.5. The van der Waals surface area contributed by atoms with Gasteiger partial charge in [-0.2, -0.15) is 0 Å². The Balaban J connectivity index is 0.000000180. The molecule has 16 nitrogen and oxygen atoms in total. The van der Waals surface area contributed by atoms with E-state index < -0.39 is 12.2 Å². The summed E-state index contributed by atoms with van der Waals surface area (Å²) in [6.07, 6.45) is 15.1. The van der Waals surface area contributed by atoms with E-state index in [0.29, 0.717) is 79.6 Å². The van der Waals surface area contributed by atoms with Crippen LogP contribution in [0.4, 0.5) is 11.6 Å². The van der Waals surface area contributed by atoms with Crippen LogP contribution < -0.4 is 20.1 Å². The van der Waals surface area contributed by atoms with E-state index in [2.05, 4.69) is 64.6 Å². The number of aryl methyl sites for hydroxylation is 2. The Hall–Kier alpha value is -6.17. The molecule has 2 aliphatic heterocycles. The van der Waals surface area contributed by atoms with Crippen LogP contribution in [-0.4, -0.2) is 102 Å². The van der Waals surface area contributed by atoms with Gasteiger partial charge in [0.15, 0.2) is 35.9 Å². The van der Waals surface area contributed by atoms with Crippen LogP contribution in [0.2, 0.25) is 5.02 Å². The van der Waals surface area contributed by atoms with Gasteiger partial charge in [-0.1, -0.05) is 23.7 Å². The van der Waals surface area contributed by atoms with Crippen molar-refractivity contribution in [1.29, 1.82) is 0 Å². The highest BCUT2D eigenvalue weighted by Crippen LogP contribution is 2.29. The molecule has 2 aromatic carbocycles. The number of oxazole rings is 2. The minimum atomic E-state index is -0.591. The second-order valence-electron chi connectivity index (χ2n) is 19.9. The van der Waals surface area contributed by atoms with Gasteiger partial charge >= 0.3 is 0 Å². The first-order valence-corrected chi connectivity index (χ1v) is 26.1. The third-order valence-corrected chi connectivity index (χ3v) is 14.8. The van der Waals surface area contributed by atoms with Crippen LogP contribution in [0.5, 0.6) is 11.5 Å². The fourth-order valence-corrected chi connectivity index (χ4v) is 9.69. The molecule has 4 N–H and O–H groups in total. The molecule has 2 aliphatic carbocycles. The summed E-state index contributed by atoms with van der Waals surface area (Å²) < 4.78 is 22.5. The van der Waals surface area contributed by atoms with Crippen LogP contribution >= 0.6 is 11.6 Å². The number of hydrogen-bond donors (Lipinski definition) is 4. The van der Waals surface area contributed by atoms with Crippen molar-refractivity contribution in [1.82, 2.24) is 29.7 Å². The van der Waals surface area contributed by atoms with Crippen molar-refractivity contribution in [3.63, 3.8) is 0 Å². The Morgan fingerprint density at radius 3 is 1.70 bits per heavy atom. The summed E-state index contributed by atoms with van der Waals surface area (Å²) >= 11 is 6.26.